The van der Waals surface area contributed by atoms with Crippen molar-refractivity contribution in [1.82, 2.24) is 10.2 Å². The molecule has 6 heteroatoms. The number of ether oxygens (including phenoxy) is 1. The average molecular weight is 377 g/mol. The Labute approximate surface area is 159 Å². The van der Waals surface area contributed by atoms with Gasteiger partial charge in [0.05, 0.1) is 12.1 Å². The van der Waals surface area contributed by atoms with Crippen LogP contribution < -0.4 is 10.1 Å². The zero-order chi connectivity index (χ0) is 18.7. The van der Waals surface area contributed by atoms with Crippen LogP contribution in [-0.2, 0) is 4.79 Å². The highest BCUT2D eigenvalue weighted by molar-refractivity contribution is 6.29. The summed E-state index contributed by atoms with van der Waals surface area (Å²) in [5.41, 5.74) is 0.190. The minimum atomic E-state index is -0.416. The number of hydrogen-bond acceptors (Lipinski definition) is 3. The van der Waals surface area contributed by atoms with Gasteiger partial charge in [0.2, 0.25) is 5.91 Å². The molecule has 0 bridgehead atoms. The fourth-order valence-electron chi connectivity index (χ4n) is 3.81. The number of hydrogen-bond donors (Lipinski definition) is 1. The van der Waals surface area contributed by atoms with E-state index in [1.54, 1.807) is 24.0 Å². The fraction of sp³-hybridized carbons (Fsp3) is 0.500. The van der Waals surface area contributed by atoms with Crippen LogP contribution in [-0.4, -0.2) is 42.5 Å². The number of fused-ring (bicyclic) bond motifs is 1. The van der Waals surface area contributed by atoms with Gasteiger partial charge in [0, 0.05) is 24.5 Å². The first-order chi connectivity index (χ1) is 12.4. The predicted molar refractivity (Wildman–Crippen MR) is 101 cm³/mol. The monoisotopic (exact) mass is 376 g/mol. The Kier molecular flexibility index (Phi) is 5.56. The van der Waals surface area contributed by atoms with E-state index in [2.05, 4.69) is 5.32 Å². The minimum absolute atomic E-state index is 0.0134. The maximum absolute atomic E-state index is 12.6. The fourth-order valence-corrected chi connectivity index (χ4v) is 3.89. The highest BCUT2D eigenvalue weighted by Crippen LogP contribution is 2.39. The molecule has 0 radical (unpaired) electrons. The molecule has 5 nitrogen and oxygen atoms in total. The molecule has 0 aromatic heterocycles. The maximum atomic E-state index is 12.6. The van der Waals surface area contributed by atoms with Crippen molar-refractivity contribution in [3.63, 3.8) is 0 Å². The van der Waals surface area contributed by atoms with Crippen LogP contribution in [0.15, 0.2) is 35.4 Å². The van der Waals surface area contributed by atoms with Crippen molar-refractivity contribution in [2.75, 3.05) is 20.1 Å². The van der Waals surface area contributed by atoms with E-state index >= 15 is 0 Å². The quantitative estimate of drug-likeness (QED) is 0.880. The number of nitrogens with one attached hydrogen (secondary N) is 1. The SMILES string of the molecule is C/C(Cl)=C/CNC(=O)C1CCC2(CC1)CN(C)C(=O)c1ccccc1O2. The molecule has 1 aliphatic heterocycles. The van der Waals surface area contributed by atoms with E-state index in [1.807, 2.05) is 25.2 Å². The van der Waals surface area contributed by atoms with Crippen LogP contribution >= 0.6 is 11.6 Å². The summed E-state index contributed by atoms with van der Waals surface area (Å²) in [6.45, 7) is 2.79. The number of carbonyl (C=O) groups excluding carboxylic acids is 2. The van der Waals surface area contributed by atoms with Crippen molar-refractivity contribution in [3.8, 4) is 5.75 Å². The zero-order valence-corrected chi connectivity index (χ0v) is 16.0. The van der Waals surface area contributed by atoms with Gasteiger partial charge < -0.3 is 15.0 Å². The molecule has 140 valence electrons. The van der Waals surface area contributed by atoms with Crippen molar-refractivity contribution in [3.05, 3.63) is 40.9 Å². The van der Waals surface area contributed by atoms with Gasteiger partial charge in [-0.05, 0) is 44.7 Å². The molecule has 1 spiro atoms. The van der Waals surface area contributed by atoms with Crippen molar-refractivity contribution in [2.45, 2.75) is 38.2 Å². The number of rotatable bonds is 3. The molecule has 1 aliphatic carbocycles. The van der Waals surface area contributed by atoms with Crippen LogP contribution in [0.25, 0.3) is 0 Å². The largest absolute Gasteiger partial charge is 0.485 e. The molecule has 1 aromatic rings. The summed E-state index contributed by atoms with van der Waals surface area (Å²) < 4.78 is 6.35. The number of carbonyl (C=O) groups is 2. The third kappa shape index (κ3) is 4.04. The molecule has 2 amide bonds. The molecule has 1 saturated carbocycles. The standard InChI is InChI=1S/C20H25ClN2O3/c1-14(21)9-12-22-18(24)15-7-10-20(11-8-15)13-23(2)19(25)16-5-3-4-6-17(16)26-20/h3-6,9,15H,7-8,10-13H2,1-2H3,(H,22,24)/b14-9-. The Balaban J connectivity index is 1.67. The van der Waals surface area contributed by atoms with E-state index in [4.69, 9.17) is 16.3 Å². The van der Waals surface area contributed by atoms with Crippen molar-refractivity contribution in [2.24, 2.45) is 5.92 Å². The van der Waals surface area contributed by atoms with Gasteiger partial charge in [-0.2, -0.15) is 0 Å². The van der Waals surface area contributed by atoms with E-state index in [0.29, 0.717) is 29.4 Å². The molecule has 1 heterocycles. The molecule has 2 aliphatic rings. The van der Waals surface area contributed by atoms with Crippen LogP contribution in [0, 0.1) is 5.92 Å². The lowest BCUT2D eigenvalue weighted by Gasteiger charge is -2.40. The van der Waals surface area contributed by atoms with Crippen LogP contribution in [0.3, 0.4) is 0 Å². The second-order valence-corrected chi connectivity index (χ2v) is 7.85. The van der Waals surface area contributed by atoms with Gasteiger partial charge in [0.25, 0.3) is 5.91 Å². The number of para-hydroxylation sites is 1. The topological polar surface area (TPSA) is 58.6 Å². The highest BCUT2D eigenvalue weighted by Gasteiger charge is 2.43. The molecule has 1 fully saturated rings. The van der Waals surface area contributed by atoms with Gasteiger partial charge in [0.15, 0.2) is 0 Å². The molecular formula is C20H25ClN2O3. The van der Waals surface area contributed by atoms with Crippen molar-refractivity contribution >= 4 is 23.4 Å². The lowest BCUT2D eigenvalue weighted by atomic mass is 9.78. The summed E-state index contributed by atoms with van der Waals surface area (Å²) in [6.07, 6.45) is 4.79. The summed E-state index contributed by atoms with van der Waals surface area (Å²) in [6, 6.07) is 7.40. The molecule has 0 saturated heterocycles. The molecule has 0 atom stereocenters. The van der Waals surface area contributed by atoms with Crippen molar-refractivity contribution in [1.29, 1.82) is 0 Å². The number of amides is 2. The Morgan fingerprint density at radius 1 is 1.38 bits per heavy atom. The molecule has 1 N–H and O–H groups in total. The molecule has 26 heavy (non-hydrogen) atoms. The van der Waals surface area contributed by atoms with Gasteiger partial charge in [-0.1, -0.05) is 29.8 Å². The second-order valence-electron chi connectivity index (χ2n) is 7.25. The molecule has 0 unspecified atom stereocenters. The van der Waals surface area contributed by atoms with E-state index in [0.717, 1.165) is 25.7 Å². The average Bonchev–Trinajstić information content (AvgIpc) is 2.71. The van der Waals surface area contributed by atoms with E-state index in [-0.39, 0.29) is 17.7 Å². The van der Waals surface area contributed by atoms with E-state index in [1.165, 1.54) is 0 Å². The molecule has 1 aromatic carbocycles. The third-order valence-corrected chi connectivity index (χ3v) is 5.40. The Hall–Kier alpha value is -2.01. The molecule has 3 rings (SSSR count). The van der Waals surface area contributed by atoms with Gasteiger partial charge in [0.1, 0.15) is 11.4 Å². The first kappa shape index (κ1) is 18.8. The van der Waals surface area contributed by atoms with Gasteiger partial charge >= 0.3 is 0 Å². The van der Waals surface area contributed by atoms with Crippen LogP contribution in [0.5, 0.6) is 5.75 Å². The first-order valence-corrected chi connectivity index (χ1v) is 9.41. The maximum Gasteiger partial charge on any atom is 0.257 e. The summed E-state index contributed by atoms with van der Waals surface area (Å²) in [7, 11) is 1.81. The highest BCUT2D eigenvalue weighted by atomic mass is 35.5. The summed E-state index contributed by atoms with van der Waals surface area (Å²) in [4.78, 5) is 26.7. The Morgan fingerprint density at radius 3 is 2.77 bits per heavy atom. The van der Waals surface area contributed by atoms with Crippen LogP contribution in [0.2, 0.25) is 0 Å². The lowest BCUT2D eigenvalue weighted by Crippen LogP contribution is -2.49. The number of allylic oxidation sites excluding steroid dienone is 1. The van der Waals surface area contributed by atoms with Gasteiger partial charge in [-0.25, -0.2) is 0 Å². The summed E-state index contributed by atoms with van der Waals surface area (Å²) >= 11 is 5.79. The first-order valence-electron chi connectivity index (χ1n) is 9.04. The van der Waals surface area contributed by atoms with Crippen LogP contribution in [0.4, 0.5) is 0 Å². The Bertz CT molecular complexity index is 720. The molecular weight excluding hydrogens is 352 g/mol. The number of likely N-dealkylation sites (N-methyl/N-ethyl adjacent to an activating group) is 1. The minimum Gasteiger partial charge on any atom is -0.485 e. The van der Waals surface area contributed by atoms with E-state index in [9.17, 15) is 9.59 Å². The third-order valence-electron chi connectivity index (χ3n) is 5.24. The van der Waals surface area contributed by atoms with Gasteiger partial charge in [-0.3, -0.25) is 9.59 Å². The predicted octanol–water partition coefficient (Wildman–Crippen LogP) is 3.34. The number of halogens is 1. The zero-order valence-electron chi connectivity index (χ0n) is 15.3. The summed E-state index contributed by atoms with van der Waals surface area (Å²) in [5, 5.41) is 3.59. The van der Waals surface area contributed by atoms with Gasteiger partial charge in [-0.15, -0.1) is 0 Å². The van der Waals surface area contributed by atoms with E-state index < -0.39 is 5.60 Å². The van der Waals surface area contributed by atoms with Crippen molar-refractivity contribution < 1.29 is 14.3 Å². The normalized spacial score (nSPS) is 26.1. The van der Waals surface area contributed by atoms with Crippen LogP contribution in [0.1, 0.15) is 43.0 Å². The number of benzene rings is 1. The Morgan fingerprint density at radius 2 is 2.08 bits per heavy atom. The second kappa shape index (κ2) is 7.70. The smallest absolute Gasteiger partial charge is 0.257 e. The number of nitrogens with zero attached hydrogens (tertiary/aromatic N) is 1. The summed E-state index contributed by atoms with van der Waals surface area (Å²) in [5.74, 6) is 0.674. The lowest BCUT2D eigenvalue weighted by molar-refractivity contribution is -0.127.